The Labute approximate surface area is 172 Å². The van der Waals surface area contributed by atoms with Gasteiger partial charge in [0.05, 0.1) is 16.3 Å². The minimum absolute atomic E-state index is 0.128. The molecule has 29 heavy (non-hydrogen) atoms. The summed E-state index contributed by atoms with van der Waals surface area (Å²) < 4.78 is 15.0. The number of hydrogen-bond donors (Lipinski definition) is 0. The van der Waals surface area contributed by atoms with Gasteiger partial charge in [-0.05, 0) is 50.2 Å². The van der Waals surface area contributed by atoms with Crippen molar-refractivity contribution in [2.45, 2.75) is 13.8 Å². The maximum atomic E-state index is 13.2. The molecular formula is C20H20ClFN6O. The highest BCUT2D eigenvalue weighted by Gasteiger charge is 2.24. The number of hydrogen-bond acceptors (Lipinski definition) is 5. The van der Waals surface area contributed by atoms with Gasteiger partial charge < -0.3 is 9.80 Å². The number of halogens is 2. The first kappa shape index (κ1) is 19.3. The van der Waals surface area contributed by atoms with E-state index in [1.54, 1.807) is 9.58 Å². The van der Waals surface area contributed by atoms with E-state index in [2.05, 4.69) is 20.2 Å². The van der Waals surface area contributed by atoms with Crippen molar-refractivity contribution in [2.24, 2.45) is 0 Å². The first-order chi connectivity index (χ1) is 13.9. The van der Waals surface area contributed by atoms with Crippen molar-refractivity contribution in [3.8, 4) is 5.82 Å². The Hall–Kier alpha value is -3.00. The molecule has 3 aromatic rings. The molecule has 3 heterocycles. The van der Waals surface area contributed by atoms with Gasteiger partial charge in [0.15, 0.2) is 11.6 Å². The Kier molecular flexibility index (Phi) is 5.19. The van der Waals surface area contributed by atoms with E-state index in [0.717, 1.165) is 23.3 Å². The summed E-state index contributed by atoms with van der Waals surface area (Å²) >= 11 is 6.02. The van der Waals surface area contributed by atoms with E-state index in [-0.39, 0.29) is 10.9 Å². The summed E-state index contributed by atoms with van der Waals surface area (Å²) in [4.78, 5) is 16.5. The van der Waals surface area contributed by atoms with E-state index in [9.17, 15) is 9.18 Å². The first-order valence-corrected chi connectivity index (χ1v) is 9.67. The van der Waals surface area contributed by atoms with Crippen molar-refractivity contribution in [1.29, 1.82) is 0 Å². The van der Waals surface area contributed by atoms with E-state index >= 15 is 0 Å². The van der Waals surface area contributed by atoms with Crippen LogP contribution < -0.4 is 4.90 Å². The number of nitrogens with zero attached hydrogens (tertiary/aromatic N) is 6. The molecule has 1 aliphatic rings. The second-order valence-corrected chi connectivity index (χ2v) is 7.40. The van der Waals surface area contributed by atoms with Gasteiger partial charge in [0.1, 0.15) is 5.82 Å². The maximum Gasteiger partial charge on any atom is 0.255 e. The molecule has 1 fully saturated rings. The zero-order chi connectivity index (χ0) is 20.5. The molecule has 0 saturated carbocycles. The van der Waals surface area contributed by atoms with Crippen LogP contribution >= 0.6 is 11.6 Å². The molecule has 0 radical (unpaired) electrons. The number of amides is 1. The van der Waals surface area contributed by atoms with Crippen LogP contribution in [0.3, 0.4) is 0 Å². The zero-order valence-electron chi connectivity index (χ0n) is 16.1. The van der Waals surface area contributed by atoms with Gasteiger partial charge in [0.2, 0.25) is 0 Å². The van der Waals surface area contributed by atoms with E-state index in [0.29, 0.717) is 37.6 Å². The van der Waals surface area contributed by atoms with Crippen LogP contribution in [0, 0.1) is 19.7 Å². The van der Waals surface area contributed by atoms with Crippen LogP contribution in [-0.4, -0.2) is 57.0 Å². The quantitative estimate of drug-likeness (QED) is 0.659. The highest BCUT2D eigenvalue weighted by atomic mass is 35.5. The lowest BCUT2D eigenvalue weighted by molar-refractivity contribution is 0.0746. The van der Waals surface area contributed by atoms with Gasteiger partial charge in [0, 0.05) is 31.9 Å². The molecule has 9 heteroatoms. The van der Waals surface area contributed by atoms with E-state index < -0.39 is 5.82 Å². The molecule has 0 aliphatic carbocycles. The van der Waals surface area contributed by atoms with Crippen molar-refractivity contribution in [3.63, 3.8) is 0 Å². The van der Waals surface area contributed by atoms with Gasteiger partial charge in [-0.15, -0.1) is 10.2 Å². The van der Waals surface area contributed by atoms with Crippen LogP contribution in [-0.2, 0) is 0 Å². The Morgan fingerprint density at radius 1 is 1.00 bits per heavy atom. The summed E-state index contributed by atoms with van der Waals surface area (Å²) in [5.41, 5.74) is 2.24. The van der Waals surface area contributed by atoms with Crippen molar-refractivity contribution in [2.75, 3.05) is 31.1 Å². The molecule has 7 nitrogen and oxygen atoms in total. The van der Waals surface area contributed by atoms with Crippen LogP contribution in [0.5, 0.6) is 0 Å². The molecule has 1 amide bonds. The predicted molar refractivity (Wildman–Crippen MR) is 108 cm³/mol. The lowest BCUT2D eigenvalue weighted by Gasteiger charge is -2.35. The lowest BCUT2D eigenvalue weighted by Crippen LogP contribution is -2.49. The smallest absolute Gasteiger partial charge is 0.255 e. The van der Waals surface area contributed by atoms with Gasteiger partial charge in [-0.2, -0.15) is 5.10 Å². The third-order valence-electron chi connectivity index (χ3n) is 4.92. The molecule has 0 unspecified atom stereocenters. The van der Waals surface area contributed by atoms with Gasteiger partial charge in [-0.25, -0.2) is 9.07 Å². The minimum Gasteiger partial charge on any atom is -0.352 e. The van der Waals surface area contributed by atoms with Gasteiger partial charge in [-0.1, -0.05) is 11.6 Å². The Balaban J connectivity index is 1.42. The second-order valence-electron chi connectivity index (χ2n) is 6.99. The second kappa shape index (κ2) is 7.79. The van der Waals surface area contributed by atoms with Gasteiger partial charge in [0.25, 0.3) is 5.91 Å². The number of rotatable bonds is 3. The third-order valence-corrected chi connectivity index (χ3v) is 5.23. The number of anilines is 1. The van der Waals surface area contributed by atoms with Crippen LogP contribution in [0.25, 0.3) is 5.82 Å². The summed E-state index contributed by atoms with van der Waals surface area (Å²) in [7, 11) is 0. The molecule has 0 N–H and O–H groups in total. The SMILES string of the molecule is Cc1cc(C)n(-c2ccc(N3CCN(C(=O)c4ccc(F)cc4Cl)CC3)nn2)n1. The number of piperazine rings is 1. The van der Waals surface area contributed by atoms with E-state index in [4.69, 9.17) is 11.6 Å². The minimum atomic E-state index is -0.459. The van der Waals surface area contributed by atoms with Gasteiger partial charge in [-0.3, -0.25) is 4.79 Å². The fraction of sp³-hybridized carbons (Fsp3) is 0.300. The topological polar surface area (TPSA) is 67.2 Å². The maximum absolute atomic E-state index is 13.2. The molecule has 1 saturated heterocycles. The van der Waals surface area contributed by atoms with Crippen molar-refractivity contribution in [1.82, 2.24) is 24.9 Å². The normalized spacial score (nSPS) is 14.3. The highest BCUT2D eigenvalue weighted by Crippen LogP contribution is 2.21. The molecule has 1 aromatic carbocycles. The molecule has 0 atom stereocenters. The molecule has 0 bridgehead atoms. The number of aromatic nitrogens is 4. The van der Waals surface area contributed by atoms with Crippen LogP contribution in [0.2, 0.25) is 5.02 Å². The summed E-state index contributed by atoms with van der Waals surface area (Å²) in [6.45, 7) is 6.20. The molecule has 4 rings (SSSR count). The molecule has 150 valence electrons. The van der Waals surface area contributed by atoms with Crippen molar-refractivity contribution >= 4 is 23.3 Å². The molecule has 2 aromatic heterocycles. The summed E-state index contributed by atoms with van der Waals surface area (Å²) in [5, 5.41) is 13.2. The number of benzene rings is 1. The Bertz CT molecular complexity index is 1040. The monoisotopic (exact) mass is 414 g/mol. The Morgan fingerprint density at radius 3 is 2.28 bits per heavy atom. The third kappa shape index (κ3) is 3.93. The number of carbonyl (C=O) groups is 1. The number of aryl methyl sites for hydroxylation is 2. The van der Waals surface area contributed by atoms with Crippen molar-refractivity contribution in [3.05, 3.63) is 64.2 Å². The Morgan fingerprint density at radius 2 is 1.69 bits per heavy atom. The molecular weight excluding hydrogens is 395 g/mol. The van der Waals surface area contributed by atoms with E-state index in [1.165, 1.54) is 12.1 Å². The van der Waals surface area contributed by atoms with Crippen LogP contribution in [0.4, 0.5) is 10.2 Å². The number of carbonyl (C=O) groups excluding carboxylic acids is 1. The fourth-order valence-electron chi connectivity index (χ4n) is 3.43. The zero-order valence-corrected chi connectivity index (χ0v) is 16.9. The standard InChI is InChI=1S/C20H20ClFN6O/c1-13-11-14(2)28(25-13)19-6-5-18(23-24-19)26-7-9-27(10-8-26)20(29)16-4-3-15(22)12-17(16)21/h3-6,11-12H,7-10H2,1-2H3. The van der Waals surface area contributed by atoms with E-state index in [1.807, 2.05) is 32.0 Å². The average Bonchev–Trinajstić information content (AvgIpc) is 3.06. The van der Waals surface area contributed by atoms with Crippen molar-refractivity contribution < 1.29 is 9.18 Å². The first-order valence-electron chi connectivity index (χ1n) is 9.29. The molecule has 0 spiro atoms. The lowest BCUT2D eigenvalue weighted by atomic mass is 10.1. The van der Waals surface area contributed by atoms with Crippen LogP contribution in [0.1, 0.15) is 21.7 Å². The fourth-order valence-corrected chi connectivity index (χ4v) is 3.68. The predicted octanol–water partition coefficient (Wildman–Crippen LogP) is 3.03. The summed E-state index contributed by atoms with van der Waals surface area (Å²) in [6.07, 6.45) is 0. The van der Waals surface area contributed by atoms with Crippen LogP contribution in [0.15, 0.2) is 36.4 Å². The summed E-state index contributed by atoms with van der Waals surface area (Å²) in [5.74, 6) is 0.765. The molecule has 1 aliphatic heterocycles. The van der Waals surface area contributed by atoms with Gasteiger partial charge >= 0.3 is 0 Å². The summed E-state index contributed by atoms with van der Waals surface area (Å²) in [6, 6.07) is 9.61. The average molecular weight is 415 g/mol. The largest absolute Gasteiger partial charge is 0.352 e. The highest BCUT2D eigenvalue weighted by molar-refractivity contribution is 6.33.